The number of fused-ring (bicyclic) bond motifs is 1. The minimum Gasteiger partial charge on any atom is -0.396 e. The van der Waals surface area contributed by atoms with Crippen LogP contribution >= 0.6 is 0 Å². The first kappa shape index (κ1) is 26.7. The van der Waals surface area contributed by atoms with E-state index in [4.69, 9.17) is 0 Å². The van der Waals surface area contributed by atoms with Crippen LogP contribution in [0.15, 0.2) is 35.5 Å². The zero-order valence-corrected chi connectivity index (χ0v) is 21.8. The lowest BCUT2D eigenvalue weighted by Gasteiger charge is -2.44. The summed E-state index contributed by atoms with van der Waals surface area (Å²) in [4.78, 5) is 0. The van der Waals surface area contributed by atoms with Crippen LogP contribution in [0, 0.1) is 29.1 Å². The summed E-state index contributed by atoms with van der Waals surface area (Å²) in [6.07, 6.45) is 16.8. The number of rotatable bonds is 9. The van der Waals surface area contributed by atoms with Crippen molar-refractivity contribution in [1.82, 2.24) is 0 Å². The van der Waals surface area contributed by atoms with Crippen LogP contribution in [0.4, 0.5) is 0 Å². The Morgan fingerprint density at radius 2 is 1.94 bits per heavy atom. The molecule has 33 heavy (non-hydrogen) atoms. The fraction of sp³-hybridized carbons (Fsp3) is 0.800. The van der Waals surface area contributed by atoms with Crippen LogP contribution in [0.2, 0.25) is 0 Å². The molecule has 188 valence electrons. The first-order valence-corrected chi connectivity index (χ1v) is 13.8. The third-order valence-corrected chi connectivity index (χ3v) is 9.98. The van der Waals surface area contributed by atoms with Crippen LogP contribution in [0.1, 0.15) is 105 Å². The Morgan fingerprint density at radius 3 is 2.61 bits per heavy atom. The highest BCUT2D eigenvalue weighted by atomic mass is 16.3. The summed E-state index contributed by atoms with van der Waals surface area (Å²) in [6.45, 7) is 13.5. The summed E-state index contributed by atoms with van der Waals surface area (Å²) in [7, 11) is 0. The van der Waals surface area contributed by atoms with E-state index in [1.807, 2.05) is 0 Å². The zero-order valence-electron chi connectivity index (χ0n) is 21.8. The van der Waals surface area contributed by atoms with Crippen molar-refractivity contribution >= 4 is 0 Å². The molecule has 0 amide bonds. The molecule has 0 spiro atoms. The van der Waals surface area contributed by atoms with Gasteiger partial charge in [0.15, 0.2) is 0 Å². The van der Waals surface area contributed by atoms with Crippen molar-refractivity contribution in [3.8, 4) is 0 Å². The first-order chi connectivity index (χ1) is 15.7. The number of hydrogen-bond donors (Lipinski definition) is 3. The largest absolute Gasteiger partial charge is 0.396 e. The van der Waals surface area contributed by atoms with Crippen molar-refractivity contribution in [3.05, 3.63) is 35.5 Å². The SMILES string of the molecule is C=C1/C(=C\C=C2/CCCC3(C)C([C@H](C)CCCC(O)(CC)CC)CC[C@@H]23)CC(O)C[C@H]1CO. The van der Waals surface area contributed by atoms with Gasteiger partial charge in [-0.1, -0.05) is 64.8 Å². The van der Waals surface area contributed by atoms with Gasteiger partial charge in [-0.3, -0.25) is 0 Å². The average Bonchev–Trinajstić information content (AvgIpc) is 3.16. The van der Waals surface area contributed by atoms with E-state index in [1.54, 1.807) is 5.57 Å². The smallest absolute Gasteiger partial charge is 0.0642 e. The lowest BCUT2D eigenvalue weighted by atomic mass is 9.60. The summed E-state index contributed by atoms with van der Waals surface area (Å²) in [5, 5.41) is 30.6. The van der Waals surface area contributed by atoms with E-state index in [0.29, 0.717) is 30.1 Å². The van der Waals surface area contributed by atoms with E-state index in [0.717, 1.165) is 42.7 Å². The monoisotopic (exact) mass is 458 g/mol. The molecule has 3 rings (SSSR count). The highest BCUT2D eigenvalue weighted by molar-refractivity contribution is 5.38. The van der Waals surface area contributed by atoms with Gasteiger partial charge in [0.25, 0.3) is 0 Å². The van der Waals surface area contributed by atoms with Gasteiger partial charge in [-0.25, -0.2) is 0 Å². The molecule has 3 aliphatic rings. The second kappa shape index (κ2) is 11.2. The quantitative estimate of drug-likeness (QED) is 0.359. The van der Waals surface area contributed by atoms with Gasteiger partial charge in [0.1, 0.15) is 0 Å². The number of aliphatic hydroxyl groups excluding tert-OH is 2. The highest BCUT2D eigenvalue weighted by Gasteiger charge is 2.50. The standard InChI is InChI=1S/C30H50O3/c1-6-30(33,7-2)17-8-10-21(3)27-14-15-28-23(11-9-16-29(27,28)5)12-13-24-18-26(32)19-25(20-31)22(24)4/h12-13,21,25-28,31-33H,4,6-11,14-20H2,1-3,5H3/b23-12+,24-13-/t21-,25+,26?,27?,28+,29?/m1/s1. The Balaban J connectivity index is 1.68. The van der Waals surface area contributed by atoms with Gasteiger partial charge in [0.05, 0.1) is 18.3 Å². The third-order valence-electron chi connectivity index (χ3n) is 9.98. The summed E-state index contributed by atoms with van der Waals surface area (Å²) in [6, 6.07) is 0. The minimum absolute atomic E-state index is 0.00944. The van der Waals surface area contributed by atoms with Crippen LogP contribution < -0.4 is 0 Å². The summed E-state index contributed by atoms with van der Waals surface area (Å²) in [5.74, 6) is 2.12. The predicted molar refractivity (Wildman–Crippen MR) is 138 cm³/mol. The molecule has 3 saturated carbocycles. The van der Waals surface area contributed by atoms with Gasteiger partial charge in [0.2, 0.25) is 0 Å². The molecule has 0 radical (unpaired) electrons. The van der Waals surface area contributed by atoms with Crippen LogP contribution in [0.5, 0.6) is 0 Å². The Hall–Kier alpha value is -0.900. The lowest BCUT2D eigenvalue weighted by molar-refractivity contribution is 0.0178. The van der Waals surface area contributed by atoms with Crippen LogP contribution in [-0.4, -0.2) is 33.6 Å². The third kappa shape index (κ3) is 5.85. The molecule has 3 heteroatoms. The van der Waals surface area contributed by atoms with E-state index in [9.17, 15) is 15.3 Å². The van der Waals surface area contributed by atoms with Crippen molar-refractivity contribution in [2.24, 2.45) is 29.1 Å². The Morgan fingerprint density at radius 1 is 1.21 bits per heavy atom. The molecule has 6 atom stereocenters. The molecule has 0 heterocycles. The second-order valence-corrected chi connectivity index (χ2v) is 11.8. The van der Waals surface area contributed by atoms with Gasteiger partial charge in [-0.2, -0.15) is 0 Å². The Bertz CT molecular complexity index is 731. The Labute approximate surface area is 203 Å². The first-order valence-electron chi connectivity index (χ1n) is 13.8. The molecule has 3 unspecified atom stereocenters. The van der Waals surface area contributed by atoms with E-state index in [1.165, 1.54) is 38.5 Å². The van der Waals surface area contributed by atoms with Crippen molar-refractivity contribution in [2.45, 2.75) is 116 Å². The van der Waals surface area contributed by atoms with E-state index in [-0.39, 0.29) is 18.6 Å². The second-order valence-electron chi connectivity index (χ2n) is 11.8. The lowest BCUT2D eigenvalue weighted by Crippen LogP contribution is -2.36. The van der Waals surface area contributed by atoms with Crippen molar-refractivity contribution in [3.63, 3.8) is 0 Å². The molecule has 3 aliphatic carbocycles. The molecule has 0 bridgehead atoms. The molecular weight excluding hydrogens is 408 g/mol. The summed E-state index contributed by atoms with van der Waals surface area (Å²) in [5.41, 5.74) is 3.63. The molecule has 3 N–H and O–H groups in total. The van der Waals surface area contributed by atoms with Gasteiger partial charge >= 0.3 is 0 Å². The zero-order chi connectivity index (χ0) is 24.2. The molecule has 0 aromatic rings. The number of aliphatic hydroxyl groups is 3. The molecular formula is C30H50O3. The van der Waals surface area contributed by atoms with Crippen molar-refractivity contribution in [2.75, 3.05) is 6.61 Å². The summed E-state index contributed by atoms with van der Waals surface area (Å²) < 4.78 is 0. The number of allylic oxidation sites excluding steroid dienone is 3. The van der Waals surface area contributed by atoms with Gasteiger partial charge < -0.3 is 15.3 Å². The van der Waals surface area contributed by atoms with Gasteiger partial charge in [-0.05, 0) is 98.5 Å². The fourth-order valence-corrected chi connectivity index (χ4v) is 7.54. The fourth-order valence-electron chi connectivity index (χ4n) is 7.54. The maximum atomic E-state index is 10.7. The van der Waals surface area contributed by atoms with Crippen LogP contribution in [0.3, 0.4) is 0 Å². The minimum atomic E-state index is -0.470. The van der Waals surface area contributed by atoms with Gasteiger partial charge in [0, 0.05) is 5.92 Å². The summed E-state index contributed by atoms with van der Waals surface area (Å²) >= 11 is 0. The maximum absolute atomic E-state index is 10.7. The van der Waals surface area contributed by atoms with E-state index in [2.05, 4.69) is 46.4 Å². The van der Waals surface area contributed by atoms with Crippen molar-refractivity contribution in [1.29, 1.82) is 0 Å². The normalized spacial score (nSPS) is 36.4. The highest BCUT2D eigenvalue weighted by Crippen LogP contribution is 2.60. The molecule has 0 aromatic carbocycles. The van der Waals surface area contributed by atoms with E-state index >= 15 is 0 Å². The molecule has 0 saturated heterocycles. The molecule has 3 fully saturated rings. The number of hydrogen-bond acceptors (Lipinski definition) is 3. The molecule has 0 aromatic heterocycles. The van der Waals surface area contributed by atoms with Crippen LogP contribution in [-0.2, 0) is 0 Å². The van der Waals surface area contributed by atoms with Crippen molar-refractivity contribution < 1.29 is 15.3 Å². The Kier molecular flexibility index (Phi) is 9.08. The van der Waals surface area contributed by atoms with Crippen LogP contribution in [0.25, 0.3) is 0 Å². The molecule has 0 aliphatic heterocycles. The topological polar surface area (TPSA) is 60.7 Å². The maximum Gasteiger partial charge on any atom is 0.0642 e. The van der Waals surface area contributed by atoms with Gasteiger partial charge in [-0.15, -0.1) is 0 Å². The molecule has 3 nitrogen and oxygen atoms in total. The predicted octanol–water partition coefficient (Wildman–Crippen LogP) is 6.73. The average molecular weight is 459 g/mol. The van der Waals surface area contributed by atoms with E-state index < -0.39 is 5.60 Å².